The Hall–Kier alpha value is -3.13. The van der Waals surface area contributed by atoms with Gasteiger partial charge < -0.3 is 10.2 Å². The number of nitrogens with zero attached hydrogens (tertiary/aromatic N) is 2. The van der Waals surface area contributed by atoms with Crippen molar-refractivity contribution in [1.82, 2.24) is 15.1 Å². The molecular weight excluding hydrogens is 414 g/mol. The Morgan fingerprint density at radius 1 is 1.03 bits per heavy atom. The third-order valence-electron chi connectivity index (χ3n) is 5.43. The molecule has 0 aromatic heterocycles. The molecule has 2 aliphatic rings. The molecule has 2 fully saturated rings. The monoisotopic (exact) mass is 437 g/mol. The minimum atomic E-state index is -0.255. The number of carbonyl (C=O) groups excluding carboxylic acids is 4. The highest BCUT2D eigenvalue weighted by Crippen LogP contribution is 2.22. The van der Waals surface area contributed by atoms with E-state index in [1.165, 1.54) is 4.90 Å². The smallest absolute Gasteiger partial charge is 0.289 e. The fourth-order valence-corrected chi connectivity index (χ4v) is 4.56. The Labute approximate surface area is 184 Å². The van der Waals surface area contributed by atoms with E-state index in [0.717, 1.165) is 30.2 Å². The van der Waals surface area contributed by atoms with Gasteiger partial charge in [0.2, 0.25) is 5.91 Å². The van der Waals surface area contributed by atoms with Gasteiger partial charge in [-0.2, -0.15) is 0 Å². The summed E-state index contributed by atoms with van der Waals surface area (Å²) in [5, 5.41) is 2.77. The highest BCUT2D eigenvalue weighted by Gasteiger charge is 2.30. The molecule has 8 heteroatoms. The van der Waals surface area contributed by atoms with E-state index in [0.29, 0.717) is 24.2 Å². The van der Waals surface area contributed by atoms with Crippen LogP contribution in [0.15, 0.2) is 54.6 Å². The van der Waals surface area contributed by atoms with E-state index in [1.807, 2.05) is 18.2 Å². The standard InChI is InChI=1S/C23H23N3O4S/c27-20-15-31-23(30)26(20)13-16-6-4-9-18(12-16)22(29)25-11-5-10-19(14-25)24-21(28)17-7-2-1-3-8-17/h1-4,6-9,12,19H,5,10-11,13-15H2,(H,24,28). The predicted octanol–water partition coefficient (Wildman–Crippen LogP) is 2.92. The van der Waals surface area contributed by atoms with Gasteiger partial charge in [-0.15, -0.1) is 0 Å². The van der Waals surface area contributed by atoms with Crippen LogP contribution in [0.3, 0.4) is 0 Å². The largest absolute Gasteiger partial charge is 0.348 e. The molecule has 0 spiro atoms. The number of thioether (sulfide) groups is 1. The van der Waals surface area contributed by atoms with Gasteiger partial charge >= 0.3 is 0 Å². The zero-order chi connectivity index (χ0) is 21.8. The molecule has 1 unspecified atom stereocenters. The van der Waals surface area contributed by atoms with Crippen LogP contribution in [0, 0.1) is 0 Å². The van der Waals surface area contributed by atoms with Gasteiger partial charge in [0.05, 0.1) is 12.3 Å². The van der Waals surface area contributed by atoms with Crippen molar-refractivity contribution in [3.8, 4) is 0 Å². The van der Waals surface area contributed by atoms with Crippen LogP contribution in [-0.4, -0.2) is 57.6 Å². The molecule has 2 heterocycles. The van der Waals surface area contributed by atoms with Gasteiger partial charge in [0.1, 0.15) is 0 Å². The van der Waals surface area contributed by atoms with Crippen LogP contribution < -0.4 is 5.32 Å². The molecule has 4 amide bonds. The van der Waals surface area contributed by atoms with Crippen LogP contribution in [0.25, 0.3) is 0 Å². The fourth-order valence-electron chi connectivity index (χ4n) is 3.84. The second-order valence-corrected chi connectivity index (χ2v) is 8.59. The molecular formula is C23H23N3O4S. The van der Waals surface area contributed by atoms with Gasteiger partial charge in [0, 0.05) is 30.3 Å². The third kappa shape index (κ3) is 4.96. The Balaban J connectivity index is 1.40. The molecule has 4 rings (SSSR count). The van der Waals surface area contributed by atoms with Gasteiger partial charge in [0.15, 0.2) is 0 Å². The summed E-state index contributed by atoms with van der Waals surface area (Å²) in [6.45, 7) is 1.24. The first-order chi connectivity index (χ1) is 15.0. The Kier molecular flexibility index (Phi) is 6.36. The summed E-state index contributed by atoms with van der Waals surface area (Å²) in [4.78, 5) is 52.2. The average Bonchev–Trinajstić information content (AvgIpc) is 3.11. The zero-order valence-electron chi connectivity index (χ0n) is 17.0. The molecule has 160 valence electrons. The van der Waals surface area contributed by atoms with E-state index in [4.69, 9.17) is 0 Å². The number of carbonyl (C=O) groups is 4. The van der Waals surface area contributed by atoms with E-state index < -0.39 is 0 Å². The Morgan fingerprint density at radius 3 is 2.55 bits per heavy atom. The number of rotatable bonds is 5. The summed E-state index contributed by atoms with van der Waals surface area (Å²) in [6.07, 6.45) is 1.62. The molecule has 2 aliphatic heterocycles. The van der Waals surface area contributed by atoms with Crippen LogP contribution in [0.5, 0.6) is 0 Å². The fraction of sp³-hybridized carbons (Fsp3) is 0.304. The average molecular weight is 438 g/mol. The van der Waals surface area contributed by atoms with Gasteiger partial charge in [-0.05, 0) is 42.7 Å². The van der Waals surface area contributed by atoms with E-state index in [2.05, 4.69) is 5.32 Å². The highest BCUT2D eigenvalue weighted by molar-refractivity contribution is 8.14. The van der Waals surface area contributed by atoms with E-state index >= 15 is 0 Å². The van der Waals surface area contributed by atoms with Crippen LogP contribution in [-0.2, 0) is 11.3 Å². The number of hydrogen-bond acceptors (Lipinski definition) is 5. The molecule has 2 aromatic carbocycles. The number of amides is 4. The van der Waals surface area contributed by atoms with E-state index in [-0.39, 0.29) is 41.3 Å². The first-order valence-electron chi connectivity index (χ1n) is 10.2. The second-order valence-electron chi connectivity index (χ2n) is 7.66. The maximum Gasteiger partial charge on any atom is 0.289 e. The summed E-state index contributed by atoms with van der Waals surface area (Å²) in [7, 11) is 0. The van der Waals surface area contributed by atoms with E-state index in [1.54, 1.807) is 41.3 Å². The van der Waals surface area contributed by atoms with Crippen molar-refractivity contribution >= 4 is 34.7 Å². The highest BCUT2D eigenvalue weighted by atomic mass is 32.2. The molecule has 7 nitrogen and oxygen atoms in total. The number of hydrogen-bond donors (Lipinski definition) is 1. The number of nitrogens with one attached hydrogen (secondary N) is 1. The molecule has 0 saturated carbocycles. The molecule has 31 heavy (non-hydrogen) atoms. The van der Waals surface area contributed by atoms with Crippen LogP contribution >= 0.6 is 11.8 Å². The van der Waals surface area contributed by atoms with E-state index in [9.17, 15) is 19.2 Å². The number of benzene rings is 2. The van der Waals surface area contributed by atoms with Crippen LogP contribution in [0.1, 0.15) is 39.1 Å². The van der Waals surface area contributed by atoms with Crippen molar-refractivity contribution in [3.05, 3.63) is 71.3 Å². The van der Waals surface area contributed by atoms with Gasteiger partial charge in [-0.1, -0.05) is 42.1 Å². The minimum Gasteiger partial charge on any atom is -0.348 e. The minimum absolute atomic E-state index is 0.106. The number of likely N-dealkylation sites (tertiary alicyclic amines) is 1. The van der Waals surface area contributed by atoms with Crippen molar-refractivity contribution < 1.29 is 19.2 Å². The summed E-state index contributed by atoms with van der Waals surface area (Å²) in [5.41, 5.74) is 1.85. The summed E-state index contributed by atoms with van der Waals surface area (Å²) < 4.78 is 0. The quantitative estimate of drug-likeness (QED) is 0.777. The molecule has 2 saturated heterocycles. The SMILES string of the molecule is O=C(NC1CCCN(C(=O)c2cccc(CN3C(=O)CSC3=O)c2)C1)c1ccccc1. The first kappa shape index (κ1) is 21.1. The molecule has 1 atom stereocenters. The second kappa shape index (κ2) is 9.34. The lowest BCUT2D eigenvalue weighted by atomic mass is 10.0. The summed E-state index contributed by atoms with van der Waals surface area (Å²) in [5.74, 6) is -0.296. The third-order valence-corrected chi connectivity index (χ3v) is 6.29. The van der Waals surface area contributed by atoms with Crippen molar-refractivity contribution in [1.29, 1.82) is 0 Å². The van der Waals surface area contributed by atoms with Gasteiger partial charge in [-0.25, -0.2) is 0 Å². The zero-order valence-corrected chi connectivity index (χ0v) is 17.8. The lowest BCUT2D eigenvalue weighted by molar-refractivity contribution is -0.125. The Bertz CT molecular complexity index is 995. The summed E-state index contributed by atoms with van der Waals surface area (Å²) >= 11 is 0.997. The lowest BCUT2D eigenvalue weighted by Gasteiger charge is -2.33. The number of imide groups is 1. The van der Waals surface area contributed by atoms with Crippen LogP contribution in [0.4, 0.5) is 4.79 Å². The maximum atomic E-state index is 13.1. The van der Waals surface area contributed by atoms with Crippen molar-refractivity contribution in [2.75, 3.05) is 18.8 Å². The lowest BCUT2D eigenvalue weighted by Crippen LogP contribution is -2.49. The number of piperidine rings is 1. The first-order valence-corrected chi connectivity index (χ1v) is 11.2. The summed E-state index contributed by atoms with van der Waals surface area (Å²) in [6, 6.07) is 16.0. The van der Waals surface area contributed by atoms with Crippen molar-refractivity contribution in [2.45, 2.75) is 25.4 Å². The maximum absolute atomic E-state index is 13.1. The topological polar surface area (TPSA) is 86.8 Å². The Morgan fingerprint density at radius 2 is 1.81 bits per heavy atom. The van der Waals surface area contributed by atoms with Crippen molar-refractivity contribution in [3.63, 3.8) is 0 Å². The molecule has 0 radical (unpaired) electrons. The molecule has 2 aromatic rings. The van der Waals surface area contributed by atoms with Crippen LogP contribution in [0.2, 0.25) is 0 Å². The molecule has 0 bridgehead atoms. The van der Waals surface area contributed by atoms with Crippen molar-refractivity contribution in [2.24, 2.45) is 0 Å². The van der Waals surface area contributed by atoms with Gasteiger partial charge in [0.25, 0.3) is 17.1 Å². The molecule has 0 aliphatic carbocycles. The normalized spacial score (nSPS) is 18.9. The molecule has 1 N–H and O–H groups in total. The van der Waals surface area contributed by atoms with Gasteiger partial charge in [-0.3, -0.25) is 24.1 Å². The predicted molar refractivity (Wildman–Crippen MR) is 118 cm³/mol.